The molecule has 0 bridgehead atoms. The molecule has 11 nitrogen and oxygen atoms in total. The topological polar surface area (TPSA) is 136 Å². The molecular weight excluding hydrogens is 823 g/mol. The molecule has 1 amide bonds. The van der Waals surface area contributed by atoms with Crippen molar-refractivity contribution in [1.82, 2.24) is 24.9 Å². The number of fused-ring (bicyclic) bond motifs is 2. The largest absolute Gasteiger partial charge is 2.00 e. The number of carbonyl (C=O) groups excluding carboxylic acids is 2. The molecule has 42 heavy (non-hydrogen) atoms. The number of rotatable bonds is 4. The van der Waals surface area contributed by atoms with Crippen LogP contribution in [0.15, 0.2) is 8.95 Å². The van der Waals surface area contributed by atoms with Crippen molar-refractivity contribution >= 4 is 117 Å². The second kappa shape index (κ2) is 23.7. The summed E-state index contributed by atoms with van der Waals surface area (Å²) in [4.78, 5) is 23.4. The minimum Gasteiger partial charge on any atom is -1.00 e. The third-order valence-corrected chi connectivity index (χ3v) is 6.86. The Balaban J connectivity index is 0. The van der Waals surface area contributed by atoms with Gasteiger partial charge in [-0.15, -0.1) is 17.9 Å². The molecule has 3 N–H and O–H groups in total. The molecule has 2 saturated carbocycles. The number of aryl methyl sites for hydroxylation is 2. The first-order valence-corrected chi connectivity index (χ1v) is 18.7. The summed E-state index contributed by atoms with van der Waals surface area (Å²) in [5.41, 5.74) is 5.94. The minimum absolute atomic E-state index is 0. The minimum atomic E-state index is -0.421. The molecule has 236 valence electrons. The Morgan fingerprint density at radius 1 is 1.00 bits per heavy atom. The SMILES string of the molecule is CCOC(=O)c1nn2c(c1Br)OCCC2.NC1CC1.O=C(NC1CC1)c1nn2c(c1Br)OCCC2.P.PPP.[Ca+2].[Cl-].[Cl-]. The van der Waals surface area contributed by atoms with Crippen LogP contribution in [0.3, 0.4) is 0 Å². The number of esters is 1. The Morgan fingerprint density at radius 2 is 1.43 bits per heavy atom. The van der Waals surface area contributed by atoms with E-state index in [1.54, 1.807) is 16.3 Å². The van der Waals surface area contributed by atoms with E-state index in [4.69, 9.17) is 19.9 Å². The molecule has 0 aromatic carbocycles. The molecule has 3 unspecified atom stereocenters. The van der Waals surface area contributed by atoms with Crippen LogP contribution in [-0.4, -0.2) is 101 Å². The van der Waals surface area contributed by atoms with Crippen molar-refractivity contribution < 1.29 is 48.6 Å². The van der Waals surface area contributed by atoms with Gasteiger partial charge in [0.25, 0.3) is 5.91 Å². The second-order valence-electron chi connectivity index (χ2n) is 8.76. The van der Waals surface area contributed by atoms with E-state index in [9.17, 15) is 9.59 Å². The van der Waals surface area contributed by atoms with E-state index < -0.39 is 5.97 Å². The number of hydrogen-bond acceptors (Lipinski definition) is 8. The first kappa shape index (κ1) is 45.6. The van der Waals surface area contributed by atoms with Crippen LogP contribution in [0, 0.1) is 0 Å². The number of carbonyl (C=O) groups is 2. The summed E-state index contributed by atoms with van der Waals surface area (Å²) in [5, 5.41) is 11.3. The average Bonchev–Trinajstić information content (AvgIpc) is 3.84. The molecule has 3 atom stereocenters. The number of aromatic nitrogens is 4. The Kier molecular flexibility index (Phi) is 25.7. The van der Waals surface area contributed by atoms with Gasteiger partial charge in [0.2, 0.25) is 11.8 Å². The Labute approximate surface area is 315 Å². The van der Waals surface area contributed by atoms with Crippen molar-refractivity contribution in [2.24, 2.45) is 5.73 Å². The first-order chi connectivity index (χ1) is 18.3. The fourth-order valence-electron chi connectivity index (χ4n) is 3.25. The van der Waals surface area contributed by atoms with Crippen molar-refractivity contribution in [3.8, 4) is 11.8 Å². The molecule has 20 heteroatoms. The van der Waals surface area contributed by atoms with Gasteiger partial charge in [0.05, 0.1) is 19.8 Å². The van der Waals surface area contributed by atoms with E-state index in [1.165, 1.54) is 12.8 Å². The van der Waals surface area contributed by atoms with Gasteiger partial charge in [-0.3, -0.25) is 4.79 Å². The van der Waals surface area contributed by atoms with Gasteiger partial charge in [-0.05, 0) is 64.5 Å². The van der Waals surface area contributed by atoms with Crippen molar-refractivity contribution in [3.05, 3.63) is 20.3 Å². The molecule has 2 aromatic heterocycles. The zero-order chi connectivity index (χ0) is 27.7. The summed E-state index contributed by atoms with van der Waals surface area (Å²) in [6, 6.07) is 0.930. The third kappa shape index (κ3) is 14.5. The summed E-state index contributed by atoms with van der Waals surface area (Å²) < 4.78 is 20.5. The number of halogens is 4. The zero-order valence-electron chi connectivity index (χ0n) is 23.4. The standard InChI is InChI=1S/C10H12BrN3O2.C9H11BrN2O3.C3H7N.Ca.2ClH.H5P3.H3P/c11-7-8(9(15)12-6-2-3-6)13-14-4-1-5-16-10(7)14;1-2-14-9(13)7-6(10)8-12(11-7)4-3-5-15-8;4-3-1-2-3;;;;1-3-2;/h6H,1-5H2,(H,12,15);2-5H2,1H3;3H,1-2,4H2;;2*1H;3H,1-2H2;1H3/q;;;+2;;;;/p-2. The zero-order valence-corrected chi connectivity index (χ0v) is 35.0. The molecule has 0 saturated heterocycles. The fourth-order valence-corrected chi connectivity index (χ4v) is 4.39. The first-order valence-electron chi connectivity index (χ1n) is 12.5. The van der Waals surface area contributed by atoms with E-state index in [-0.39, 0.29) is 84.1 Å². The summed E-state index contributed by atoms with van der Waals surface area (Å²) >= 11 is 6.68. The fraction of sp³-hybridized carbons (Fsp3) is 0.636. The summed E-state index contributed by atoms with van der Waals surface area (Å²) in [6.07, 6.45) is 6.52. The number of nitrogens with zero attached hydrogens (tertiary/aromatic N) is 4. The molecule has 2 aliphatic heterocycles. The van der Waals surface area contributed by atoms with Gasteiger partial charge in [-0.2, -0.15) is 20.1 Å². The molecule has 2 aliphatic carbocycles. The maximum absolute atomic E-state index is 11.9. The molecule has 4 aliphatic rings. The number of ether oxygens (including phenoxy) is 3. The molecular formula is C22H38Br2CaCl2N6O5P4. The smallest absolute Gasteiger partial charge is 1.00 e. The Hall–Kier alpha value is 1.44. The van der Waals surface area contributed by atoms with E-state index in [2.05, 4.69) is 65.2 Å². The molecule has 0 spiro atoms. The van der Waals surface area contributed by atoms with Crippen LogP contribution in [0.1, 0.15) is 66.4 Å². The van der Waals surface area contributed by atoms with Crippen molar-refractivity contribution in [1.29, 1.82) is 0 Å². The predicted octanol–water partition coefficient (Wildman–Crippen LogP) is -2.04. The van der Waals surface area contributed by atoms with E-state index in [0.29, 0.717) is 58.3 Å². The molecule has 2 aromatic rings. The van der Waals surface area contributed by atoms with Gasteiger partial charge in [0.1, 0.15) is 8.95 Å². The van der Waals surface area contributed by atoms with Gasteiger partial charge >= 0.3 is 43.7 Å². The quantitative estimate of drug-likeness (QED) is 0.204. The van der Waals surface area contributed by atoms with Gasteiger partial charge in [0.15, 0.2) is 11.4 Å². The van der Waals surface area contributed by atoms with Crippen LogP contribution in [0.4, 0.5) is 0 Å². The molecule has 4 heterocycles. The van der Waals surface area contributed by atoms with E-state index in [0.717, 1.165) is 46.7 Å². The Morgan fingerprint density at radius 3 is 1.81 bits per heavy atom. The van der Waals surface area contributed by atoms with Crippen LogP contribution in [0.2, 0.25) is 0 Å². The van der Waals surface area contributed by atoms with Gasteiger partial charge in [0, 0.05) is 38.0 Å². The van der Waals surface area contributed by atoms with Crippen LogP contribution in [-0.2, 0) is 17.8 Å². The summed E-state index contributed by atoms with van der Waals surface area (Å²) in [6.45, 7) is 5.03. The Bertz CT molecular complexity index is 1120. The number of nitrogens with two attached hydrogens (primary N) is 1. The monoisotopic (exact) mass is 858 g/mol. The molecule has 6 rings (SSSR count). The van der Waals surface area contributed by atoms with E-state index in [1.807, 2.05) is 0 Å². The maximum atomic E-state index is 11.9. The van der Waals surface area contributed by atoms with Crippen LogP contribution in [0.5, 0.6) is 11.8 Å². The van der Waals surface area contributed by atoms with Crippen LogP contribution < -0.4 is 45.3 Å². The second-order valence-corrected chi connectivity index (χ2v) is 14.7. The van der Waals surface area contributed by atoms with Crippen molar-refractivity contribution in [2.75, 3.05) is 19.8 Å². The third-order valence-electron chi connectivity index (χ3n) is 5.43. The summed E-state index contributed by atoms with van der Waals surface area (Å²) in [7, 11) is 6.06. The van der Waals surface area contributed by atoms with Crippen LogP contribution in [0.25, 0.3) is 0 Å². The van der Waals surface area contributed by atoms with Crippen molar-refractivity contribution in [3.63, 3.8) is 0 Å². The molecule has 0 radical (unpaired) electrons. The average molecular weight is 861 g/mol. The van der Waals surface area contributed by atoms with Gasteiger partial charge in [-0.1, -0.05) is 7.96 Å². The predicted molar refractivity (Wildman–Crippen MR) is 178 cm³/mol. The number of hydrogen-bond donors (Lipinski definition) is 2. The van der Waals surface area contributed by atoms with Crippen LogP contribution >= 0.6 is 67.6 Å². The number of amides is 1. The molecule has 2 fully saturated rings. The number of nitrogens with one attached hydrogen (secondary N) is 1. The van der Waals surface area contributed by atoms with E-state index >= 15 is 0 Å². The van der Waals surface area contributed by atoms with Gasteiger partial charge < -0.3 is 50.1 Å². The maximum Gasteiger partial charge on any atom is 2.00 e. The summed E-state index contributed by atoms with van der Waals surface area (Å²) in [5.74, 6) is 0.756. The van der Waals surface area contributed by atoms with Crippen molar-refractivity contribution in [2.45, 2.75) is 70.6 Å². The van der Waals surface area contributed by atoms with Gasteiger partial charge in [-0.25, -0.2) is 14.2 Å². The normalized spacial score (nSPS) is 15.2.